The fourth-order valence-corrected chi connectivity index (χ4v) is 5.22. The van der Waals surface area contributed by atoms with Crippen LogP contribution in [0.5, 0.6) is 0 Å². The molecule has 0 spiro atoms. The predicted molar refractivity (Wildman–Crippen MR) is 156 cm³/mol. The number of fused-ring (bicyclic) bond motifs is 2. The van der Waals surface area contributed by atoms with E-state index in [1.165, 1.54) is 4.90 Å². The molecule has 5 rings (SSSR count). The smallest absolute Gasteiger partial charge is 0.323 e. The summed E-state index contributed by atoms with van der Waals surface area (Å²) >= 11 is 0. The number of hydrogen-bond donors (Lipinski definition) is 3. The predicted octanol–water partition coefficient (Wildman–Crippen LogP) is 4.77. The minimum absolute atomic E-state index is 0.00133. The van der Waals surface area contributed by atoms with E-state index in [0.29, 0.717) is 36.2 Å². The van der Waals surface area contributed by atoms with E-state index < -0.39 is 18.4 Å². The Hall–Kier alpha value is -4.98. The molecule has 1 heterocycles. The van der Waals surface area contributed by atoms with E-state index in [1.54, 1.807) is 35.2 Å². The lowest BCUT2D eigenvalue weighted by molar-refractivity contribution is -0.135. The van der Waals surface area contributed by atoms with Crippen molar-refractivity contribution in [3.05, 3.63) is 107 Å². The van der Waals surface area contributed by atoms with E-state index in [1.807, 2.05) is 54.6 Å². The van der Waals surface area contributed by atoms with Gasteiger partial charge in [-0.05, 0) is 65.4 Å². The van der Waals surface area contributed by atoms with E-state index in [9.17, 15) is 19.5 Å². The van der Waals surface area contributed by atoms with Gasteiger partial charge in [0, 0.05) is 35.5 Å². The summed E-state index contributed by atoms with van der Waals surface area (Å²) < 4.78 is 0. The topological polar surface area (TPSA) is 128 Å². The highest BCUT2D eigenvalue weighted by atomic mass is 16.4. The number of nitrogens with one attached hydrogen (secondary N) is 1. The first kappa shape index (κ1) is 26.6. The van der Waals surface area contributed by atoms with Gasteiger partial charge in [0.1, 0.15) is 12.4 Å². The molecule has 0 atom stereocenters. The Kier molecular flexibility index (Phi) is 7.59. The third-order valence-electron chi connectivity index (χ3n) is 7.25. The molecule has 4 aromatic rings. The number of amidine groups is 1. The molecular weight excluding hydrogens is 504 g/mol. The molecule has 0 unspecified atom stereocenters. The summed E-state index contributed by atoms with van der Waals surface area (Å²) in [6, 6.07) is 25.6. The Labute approximate surface area is 232 Å². The molecule has 1 aliphatic rings. The Morgan fingerprint density at radius 2 is 1.70 bits per heavy atom. The highest BCUT2D eigenvalue weighted by Crippen LogP contribution is 2.33. The maximum Gasteiger partial charge on any atom is 0.323 e. The number of aliphatic carboxylic acids is 1. The summed E-state index contributed by atoms with van der Waals surface area (Å²) in [5, 5.41) is 18.8. The Morgan fingerprint density at radius 3 is 2.45 bits per heavy atom. The van der Waals surface area contributed by atoms with Crippen LogP contribution in [0.4, 0.5) is 11.4 Å². The average Bonchev–Trinajstić information content (AvgIpc) is 2.97. The van der Waals surface area contributed by atoms with Gasteiger partial charge in [-0.25, -0.2) is 0 Å². The van der Waals surface area contributed by atoms with Gasteiger partial charge in [-0.2, -0.15) is 0 Å². The van der Waals surface area contributed by atoms with Gasteiger partial charge >= 0.3 is 5.97 Å². The van der Waals surface area contributed by atoms with Crippen LogP contribution >= 0.6 is 0 Å². The summed E-state index contributed by atoms with van der Waals surface area (Å²) in [5.74, 6) is -1.50. The first-order valence-electron chi connectivity index (χ1n) is 13.2. The average molecular weight is 535 g/mol. The Morgan fingerprint density at radius 1 is 0.950 bits per heavy atom. The van der Waals surface area contributed by atoms with Gasteiger partial charge in [0.15, 0.2) is 0 Å². The number of carboxylic acid groups (broad SMARTS) is 1. The number of aryl methyl sites for hydroxylation is 2. The molecular formula is C32H30N4O4. The van der Waals surface area contributed by atoms with Gasteiger partial charge in [0.2, 0.25) is 5.91 Å². The molecule has 0 bridgehead atoms. The number of amides is 2. The SMILES string of the molecule is N=C(N)c1ccc(CCC(=O)N2CCCc3cc(N(CC(=O)O)C(=O)c4cccc5ccccc45)ccc32)cc1. The molecule has 0 fully saturated rings. The number of carbonyl (C=O) groups is 3. The van der Waals surface area contributed by atoms with Crippen molar-refractivity contribution < 1.29 is 19.5 Å². The summed E-state index contributed by atoms with van der Waals surface area (Å²) in [4.78, 5) is 41.8. The summed E-state index contributed by atoms with van der Waals surface area (Å²) in [5.41, 5.74) is 9.77. The second-order valence-electron chi connectivity index (χ2n) is 9.88. The minimum Gasteiger partial charge on any atom is -0.480 e. The zero-order valence-electron chi connectivity index (χ0n) is 22.0. The molecule has 2 amide bonds. The van der Waals surface area contributed by atoms with Gasteiger partial charge in [0.05, 0.1) is 0 Å². The van der Waals surface area contributed by atoms with Gasteiger partial charge in [0.25, 0.3) is 5.91 Å². The number of carboxylic acids is 1. The van der Waals surface area contributed by atoms with Crippen LogP contribution in [0.1, 0.15) is 39.9 Å². The Bertz CT molecular complexity index is 1610. The number of benzene rings is 4. The lowest BCUT2D eigenvalue weighted by atomic mass is 9.99. The molecule has 4 N–H and O–H groups in total. The molecule has 0 saturated carbocycles. The van der Waals surface area contributed by atoms with Crippen LogP contribution in [-0.4, -0.2) is 41.8 Å². The first-order valence-corrected chi connectivity index (χ1v) is 13.2. The van der Waals surface area contributed by atoms with Crippen LogP contribution < -0.4 is 15.5 Å². The monoisotopic (exact) mass is 534 g/mol. The molecule has 8 nitrogen and oxygen atoms in total. The largest absolute Gasteiger partial charge is 0.480 e. The molecule has 4 aromatic carbocycles. The molecule has 8 heteroatoms. The molecule has 202 valence electrons. The normalized spacial score (nSPS) is 12.6. The van der Waals surface area contributed by atoms with Crippen LogP contribution in [0.25, 0.3) is 10.8 Å². The zero-order chi connectivity index (χ0) is 28.2. The van der Waals surface area contributed by atoms with Crippen molar-refractivity contribution in [2.24, 2.45) is 5.73 Å². The maximum atomic E-state index is 13.7. The standard InChI is InChI=1S/C32H30N4O4/c33-31(34)23-13-10-21(11-14-23)12-17-29(37)35-18-4-7-24-19-25(15-16-28(24)35)36(20-30(38)39)32(40)27-9-3-6-22-5-1-2-8-26(22)27/h1-3,5-6,8-11,13-16,19H,4,7,12,17-18,20H2,(H3,33,34)(H,38,39). The number of nitrogens with zero attached hydrogens (tertiary/aromatic N) is 2. The van der Waals surface area contributed by atoms with Crippen molar-refractivity contribution in [2.75, 3.05) is 22.9 Å². The van der Waals surface area contributed by atoms with Gasteiger partial charge in [-0.3, -0.25) is 24.7 Å². The van der Waals surface area contributed by atoms with Crippen LogP contribution in [-0.2, 0) is 22.4 Å². The van der Waals surface area contributed by atoms with Crippen LogP contribution in [0.3, 0.4) is 0 Å². The van der Waals surface area contributed by atoms with E-state index >= 15 is 0 Å². The minimum atomic E-state index is -1.11. The quantitative estimate of drug-likeness (QED) is 0.222. The summed E-state index contributed by atoms with van der Waals surface area (Å²) in [6.45, 7) is 0.119. The molecule has 1 aliphatic heterocycles. The van der Waals surface area contributed by atoms with Crippen molar-refractivity contribution in [3.8, 4) is 0 Å². The molecule has 0 saturated heterocycles. The highest BCUT2D eigenvalue weighted by molar-refractivity contribution is 6.15. The maximum absolute atomic E-state index is 13.7. The first-order chi connectivity index (χ1) is 19.3. The number of hydrogen-bond acceptors (Lipinski definition) is 4. The molecule has 40 heavy (non-hydrogen) atoms. The van der Waals surface area contributed by atoms with E-state index in [-0.39, 0.29) is 11.7 Å². The van der Waals surface area contributed by atoms with Crippen LogP contribution in [0.2, 0.25) is 0 Å². The van der Waals surface area contributed by atoms with Gasteiger partial charge in [-0.15, -0.1) is 0 Å². The summed E-state index contributed by atoms with van der Waals surface area (Å²) in [6.07, 6.45) is 2.38. The molecule has 0 aliphatic carbocycles. The van der Waals surface area contributed by atoms with Crippen molar-refractivity contribution in [1.82, 2.24) is 0 Å². The number of nitrogen functional groups attached to an aromatic ring is 1. The number of nitrogens with two attached hydrogens (primary N) is 1. The van der Waals surface area contributed by atoms with Crippen molar-refractivity contribution in [1.29, 1.82) is 5.41 Å². The Balaban J connectivity index is 1.38. The van der Waals surface area contributed by atoms with Gasteiger partial charge in [-0.1, -0.05) is 60.7 Å². The third-order valence-corrected chi connectivity index (χ3v) is 7.25. The van der Waals surface area contributed by atoms with Crippen molar-refractivity contribution in [2.45, 2.75) is 25.7 Å². The second-order valence-corrected chi connectivity index (χ2v) is 9.88. The van der Waals surface area contributed by atoms with Crippen molar-refractivity contribution in [3.63, 3.8) is 0 Å². The van der Waals surface area contributed by atoms with Crippen molar-refractivity contribution >= 4 is 45.8 Å². The van der Waals surface area contributed by atoms with E-state index in [0.717, 1.165) is 40.4 Å². The second kappa shape index (κ2) is 11.4. The number of anilines is 2. The molecule has 0 radical (unpaired) electrons. The fraction of sp³-hybridized carbons (Fsp3) is 0.188. The lowest BCUT2D eigenvalue weighted by Crippen LogP contribution is -2.37. The fourth-order valence-electron chi connectivity index (χ4n) is 5.22. The van der Waals surface area contributed by atoms with E-state index in [4.69, 9.17) is 11.1 Å². The lowest BCUT2D eigenvalue weighted by Gasteiger charge is -2.31. The van der Waals surface area contributed by atoms with E-state index in [2.05, 4.69) is 0 Å². The molecule has 0 aromatic heterocycles. The third kappa shape index (κ3) is 5.56. The number of carbonyl (C=O) groups excluding carboxylic acids is 2. The van der Waals surface area contributed by atoms with Gasteiger partial charge < -0.3 is 15.7 Å². The summed E-state index contributed by atoms with van der Waals surface area (Å²) in [7, 11) is 0. The highest BCUT2D eigenvalue weighted by Gasteiger charge is 2.26. The number of rotatable bonds is 8. The van der Waals surface area contributed by atoms with Crippen LogP contribution in [0, 0.1) is 5.41 Å². The van der Waals surface area contributed by atoms with Crippen LogP contribution in [0.15, 0.2) is 84.9 Å². The zero-order valence-corrected chi connectivity index (χ0v) is 22.0.